The van der Waals surface area contributed by atoms with E-state index in [9.17, 15) is 0 Å². The summed E-state index contributed by atoms with van der Waals surface area (Å²) in [6.45, 7) is 3.01. The topological polar surface area (TPSA) is 69.2 Å². The molecule has 1 unspecified atom stereocenters. The van der Waals surface area contributed by atoms with Crippen LogP contribution in [-0.2, 0) is 18.3 Å². The lowest BCUT2D eigenvalue weighted by molar-refractivity contribution is 0.00345. The van der Waals surface area contributed by atoms with E-state index in [0.717, 1.165) is 25.3 Å². The third kappa shape index (κ3) is 2.75. The van der Waals surface area contributed by atoms with E-state index in [1.54, 1.807) is 4.68 Å². The molecule has 88 valence electrons. The Morgan fingerprint density at radius 2 is 2.56 bits per heavy atom. The van der Waals surface area contributed by atoms with Gasteiger partial charge in [0.05, 0.1) is 12.3 Å². The Kier molecular flexibility index (Phi) is 3.47. The summed E-state index contributed by atoms with van der Waals surface area (Å²) in [5.74, 6) is 0. The summed E-state index contributed by atoms with van der Waals surface area (Å²) >= 11 is 4.93. The molecular weight excluding hydrogens is 226 g/mol. The van der Waals surface area contributed by atoms with Crippen LogP contribution in [0.1, 0.15) is 5.69 Å². The summed E-state index contributed by atoms with van der Waals surface area (Å²) < 4.78 is 7.16. The van der Waals surface area contributed by atoms with Crippen LogP contribution in [0.15, 0.2) is 6.20 Å². The number of hydrogen-bond acceptors (Lipinski definition) is 5. The Balaban J connectivity index is 1.92. The Morgan fingerprint density at radius 3 is 3.19 bits per heavy atom. The van der Waals surface area contributed by atoms with Crippen LogP contribution in [0.4, 0.5) is 0 Å². The number of nitrogens with two attached hydrogens (primary N) is 1. The second-order valence-electron chi connectivity index (χ2n) is 3.88. The first-order valence-electron chi connectivity index (χ1n) is 5.13. The summed E-state index contributed by atoms with van der Waals surface area (Å²) in [5, 5.41) is 7.94. The fourth-order valence-electron chi connectivity index (χ4n) is 1.72. The van der Waals surface area contributed by atoms with Crippen LogP contribution >= 0.6 is 12.2 Å². The lowest BCUT2D eigenvalue weighted by Gasteiger charge is -2.31. The van der Waals surface area contributed by atoms with Gasteiger partial charge in [0.1, 0.15) is 11.1 Å². The fourth-order valence-corrected chi connectivity index (χ4v) is 1.86. The van der Waals surface area contributed by atoms with E-state index in [1.807, 2.05) is 13.2 Å². The van der Waals surface area contributed by atoms with E-state index in [-0.39, 0.29) is 6.10 Å². The molecule has 2 heterocycles. The zero-order valence-corrected chi connectivity index (χ0v) is 9.98. The molecule has 0 amide bonds. The summed E-state index contributed by atoms with van der Waals surface area (Å²) in [4.78, 5) is 2.64. The largest absolute Gasteiger partial charge is 0.391 e. The maximum absolute atomic E-state index is 5.57. The van der Waals surface area contributed by atoms with Crippen molar-refractivity contribution in [1.29, 1.82) is 0 Å². The molecule has 6 nitrogen and oxygen atoms in total. The monoisotopic (exact) mass is 241 g/mol. The highest BCUT2D eigenvalue weighted by molar-refractivity contribution is 7.80. The average Bonchev–Trinajstić information content (AvgIpc) is 2.64. The zero-order chi connectivity index (χ0) is 11.5. The van der Waals surface area contributed by atoms with Gasteiger partial charge in [0.2, 0.25) is 0 Å². The smallest absolute Gasteiger partial charge is 0.120 e. The van der Waals surface area contributed by atoms with E-state index < -0.39 is 0 Å². The molecule has 7 heteroatoms. The highest BCUT2D eigenvalue weighted by Gasteiger charge is 2.22. The van der Waals surface area contributed by atoms with Crippen molar-refractivity contribution >= 4 is 17.2 Å². The number of hydrogen-bond donors (Lipinski definition) is 1. The molecule has 1 saturated heterocycles. The Hall–Kier alpha value is -1.05. The highest BCUT2D eigenvalue weighted by Crippen LogP contribution is 2.08. The molecule has 1 aliphatic heterocycles. The van der Waals surface area contributed by atoms with Gasteiger partial charge >= 0.3 is 0 Å². The number of thiocarbonyl (C=S) groups is 1. The van der Waals surface area contributed by atoms with Gasteiger partial charge in [0.15, 0.2) is 0 Å². The summed E-state index contributed by atoms with van der Waals surface area (Å²) in [6.07, 6.45) is 1.77. The Morgan fingerprint density at radius 1 is 1.75 bits per heavy atom. The van der Waals surface area contributed by atoms with Crippen LogP contribution < -0.4 is 5.73 Å². The van der Waals surface area contributed by atoms with E-state index >= 15 is 0 Å². The van der Waals surface area contributed by atoms with Gasteiger partial charge < -0.3 is 10.5 Å². The van der Waals surface area contributed by atoms with Gasteiger partial charge in [-0.25, -0.2) is 0 Å². The minimum absolute atomic E-state index is 0.138. The zero-order valence-electron chi connectivity index (χ0n) is 9.17. The predicted molar refractivity (Wildman–Crippen MR) is 62.8 cm³/mol. The Bertz CT molecular complexity index is 380. The quantitative estimate of drug-likeness (QED) is 0.706. The van der Waals surface area contributed by atoms with Gasteiger partial charge in [-0.3, -0.25) is 9.58 Å². The van der Waals surface area contributed by atoms with Crippen molar-refractivity contribution in [2.75, 3.05) is 19.7 Å². The predicted octanol–water partition coefficient (Wildman–Crippen LogP) is -0.698. The van der Waals surface area contributed by atoms with Crippen molar-refractivity contribution in [3.05, 3.63) is 11.9 Å². The molecule has 1 atom stereocenters. The third-order valence-corrected chi connectivity index (χ3v) is 2.77. The van der Waals surface area contributed by atoms with Crippen molar-refractivity contribution in [2.24, 2.45) is 12.8 Å². The number of morpholine rings is 1. The van der Waals surface area contributed by atoms with Crippen molar-refractivity contribution in [1.82, 2.24) is 19.9 Å². The first-order valence-corrected chi connectivity index (χ1v) is 5.54. The molecule has 0 bridgehead atoms. The second kappa shape index (κ2) is 4.86. The number of aryl methyl sites for hydroxylation is 1. The number of nitrogens with zero attached hydrogens (tertiary/aromatic N) is 4. The van der Waals surface area contributed by atoms with Crippen molar-refractivity contribution < 1.29 is 4.74 Å². The third-order valence-electron chi connectivity index (χ3n) is 2.50. The molecule has 0 saturated carbocycles. The van der Waals surface area contributed by atoms with Gasteiger partial charge in [0, 0.05) is 32.9 Å². The minimum Gasteiger partial charge on any atom is -0.391 e. The van der Waals surface area contributed by atoms with Crippen molar-refractivity contribution in [3.63, 3.8) is 0 Å². The molecule has 1 fully saturated rings. The van der Waals surface area contributed by atoms with Gasteiger partial charge in [-0.15, -0.1) is 5.10 Å². The SMILES string of the molecule is Cn1cc(CN2CCOC(C(N)=S)C2)nn1. The summed E-state index contributed by atoms with van der Waals surface area (Å²) in [5.41, 5.74) is 6.52. The normalized spacial score (nSPS) is 22.2. The first kappa shape index (κ1) is 11.4. The number of aromatic nitrogens is 3. The van der Waals surface area contributed by atoms with Gasteiger partial charge in [-0.05, 0) is 0 Å². The summed E-state index contributed by atoms with van der Waals surface area (Å²) in [6, 6.07) is 0. The first-order chi connectivity index (χ1) is 7.65. The molecule has 16 heavy (non-hydrogen) atoms. The van der Waals surface area contributed by atoms with Crippen molar-refractivity contribution in [2.45, 2.75) is 12.6 Å². The van der Waals surface area contributed by atoms with E-state index in [2.05, 4.69) is 15.2 Å². The molecular formula is C9H15N5OS. The maximum Gasteiger partial charge on any atom is 0.120 e. The van der Waals surface area contributed by atoms with Crippen LogP contribution in [0, 0.1) is 0 Å². The molecule has 0 aliphatic carbocycles. The van der Waals surface area contributed by atoms with Crippen LogP contribution in [0.25, 0.3) is 0 Å². The van der Waals surface area contributed by atoms with Gasteiger partial charge in [-0.1, -0.05) is 17.4 Å². The minimum atomic E-state index is -0.138. The number of rotatable bonds is 3. The average molecular weight is 241 g/mol. The van der Waals surface area contributed by atoms with E-state index in [0.29, 0.717) is 11.6 Å². The standard InChI is InChI=1S/C9H15N5OS/c1-13-4-7(11-12-13)5-14-2-3-15-8(6-14)9(10)16/h4,8H,2-3,5-6H2,1H3,(H2,10,16). The van der Waals surface area contributed by atoms with Crippen LogP contribution in [0.5, 0.6) is 0 Å². The second-order valence-corrected chi connectivity index (χ2v) is 4.35. The maximum atomic E-state index is 5.57. The molecule has 1 aromatic heterocycles. The molecule has 2 N–H and O–H groups in total. The van der Waals surface area contributed by atoms with Crippen LogP contribution in [-0.4, -0.2) is 50.7 Å². The Labute approximate surface area is 99.3 Å². The molecule has 0 spiro atoms. The summed E-state index contributed by atoms with van der Waals surface area (Å²) in [7, 11) is 1.85. The van der Waals surface area contributed by atoms with E-state index in [1.165, 1.54) is 0 Å². The van der Waals surface area contributed by atoms with Crippen molar-refractivity contribution in [3.8, 4) is 0 Å². The van der Waals surface area contributed by atoms with Gasteiger partial charge in [-0.2, -0.15) is 0 Å². The number of ether oxygens (including phenoxy) is 1. The van der Waals surface area contributed by atoms with Crippen LogP contribution in [0.3, 0.4) is 0 Å². The van der Waals surface area contributed by atoms with Gasteiger partial charge in [0.25, 0.3) is 0 Å². The van der Waals surface area contributed by atoms with E-state index in [4.69, 9.17) is 22.7 Å². The lowest BCUT2D eigenvalue weighted by Crippen LogP contribution is -2.47. The molecule has 1 aromatic rings. The fraction of sp³-hybridized carbons (Fsp3) is 0.667. The molecule has 0 aromatic carbocycles. The lowest BCUT2D eigenvalue weighted by atomic mass is 10.2. The molecule has 1 aliphatic rings. The van der Waals surface area contributed by atoms with Crippen LogP contribution in [0.2, 0.25) is 0 Å². The molecule has 2 rings (SSSR count). The highest BCUT2D eigenvalue weighted by atomic mass is 32.1. The molecule has 0 radical (unpaired) electrons.